The first-order valence-corrected chi connectivity index (χ1v) is 12.9. The van der Waals surface area contributed by atoms with E-state index in [2.05, 4.69) is 15.2 Å². The summed E-state index contributed by atoms with van der Waals surface area (Å²) >= 11 is 0. The Hall–Kier alpha value is -3.47. The lowest BCUT2D eigenvalue weighted by Crippen LogP contribution is -2.54. The Kier molecular flexibility index (Phi) is 6.13. The zero-order valence-electron chi connectivity index (χ0n) is 20.5. The van der Waals surface area contributed by atoms with Gasteiger partial charge in [-0.05, 0) is 61.6 Å². The first-order chi connectivity index (χ1) is 18.2. The van der Waals surface area contributed by atoms with Crippen LogP contribution in [0.15, 0.2) is 36.5 Å². The molecule has 2 aromatic rings. The first-order valence-electron chi connectivity index (χ1n) is 12.9. The topological polar surface area (TPSA) is 91.8 Å². The van der Waals surface area contributed by atoms with Crippen molar-refractivity contribution in [3.8, 4) is 5.75 Å². The van der Waals surface area contributed by atoms with Crippen molar-refractivity contribution in [1.82, 2.24) is 20.1 Å². The predicted octanol–water partition coefficient (Wildman–Crippen LogP) is 3.26. The molecule has 8 nitrogen and oxygen atoms in total. The molecule has 4 aliphatic rings. The fourth-order valence-electron chi connectivity index (χ4n) is 6.05. The van der Waals surface area contributed by atoms with Gasteiger partial charge in [-0.25, -0.2) is 0 Å². The van der Waals surface area contributed by atoms with Crippen molar-refractivity contribution in [2.24, 2.45) is 0 Å². The molecule has 11 heteroatoms. The number of rotatable bonds is 5. The SMILES string of the molecule is O=C1CCC(N2Cc3cc(O[C@@H]4CCC[C@@H]4N4CC(c5ccc(C(F)(F)F)cn5)C4)ccc3C2=O)C(=O)N1. The van der Waals surface area contributed by atoms with Crippen LogP contribution in [0.1, 0.15) is 65.2 Å². The van der Waals surface area contributed by atoms with Gasteiger partial charge in [0.05, 0.1) is 5.56 Å². The Bertz CT molecular complexity index is 1280. The van der Waals surface area contributed by atoms with Crippen LogP contribution < -0.4 is 10.1 Å². The molecule has 1 aliphatic carbocycles. The molecule has 3 aliphatic heterocycles. The van der Waals surface area contributed by atoms with Crippen molar-refractivity contribution in [3.05, 3.63) is 58.9 Å². The van der Waals surface area contributed by atoms with E-state index in [0.717, 1.165) is 50.2 Å². The van der Waals surface area contributed by atoms with Crippen LogP contribution in [-0.4, -0.2) is 63.8 Å². The highest BCUT2D eigenvalue weighted by Gasteiger charge is 2.42. The molecule has 6 rings (SSSR count). The molecule has 0 spiro atoms. The molecule has 0 bridgehead atoms. The second-order valence-corrected chi connectivity index (χ2v) is 10.5. The number of piperidine rings is 1. The van der Waals surface area contributed by atoms with E-state index in [4.69, 9.17) is 4.74 Å². The summed E-state index contributed by atoms with van der Waals surface area (Å²) in [4.78, 5) is 44.6. The molecule has 0 radical (unpaired) electrons. The van der Waals surface area contributed by atoms with Crippen LogP contribution >= 0.6 is 0 Å². The number of ether oxygens (including phenoxy) is 1. The first kappa shape index (κ1) is 24.8. The molecule has 2 saturated heterocycles. The number of hydrogen-bond acceptors (Lipinski definition) is 6. The Labute approximate surface area is 217 Å². The van der Waals surface area contributed by atoms with Gasteiger partial charge in [0.25, 0.3) is 5.91 Å². The summed E-state index contributed by atoms with van der Waals surface area (Å²) in [5, 5.41) is 2.31. The van der Waals surface area contributed by atoms with Crippen LogP contribution in [0.25, 0.3) is 0 Å². The lowest BCUT2D eigenvalue weighted by molar-refractivity contribution is -0.138. The minimum absolute atomic E-state index is 0.0297. The summed E-state index contributed by atoms with van der Waals surface area (Å²) in [6.45, 7) is 1.74. The molecule has 38 heavy (non-hydrogen) atoms. The Balaban J connectivity index is 1.08. The highest BCUT2D eigenvalue weighted by molar-refractivity contribution is 6.05. The normalized spacial score (nSPS) is 26.3. The van der Waals surface area contributed by atoms with Crippen molar-refractivity contribution < 1.29 is 32.3 Å². The number of hydrogen-bond donors (Lipinski definition) is 1. The largest absolute Gasteiger partial charge is 0.489 e. The van der Waals surface area contributed by atoms with E-state index in [-0.39, 0.29) is 36.3 Å². The zero-order valence-corrected chi connectivity index (χ0v) is 20.5. The molecule has 3 fully saturated rings. The third-order valence-electron chi connectivity index (χ3n) is 8.11. The maximum atomic E-state index is 12.9. The number of aromatic nitrogens is 1. The van der Waals surface area contributed by atoms with Crippen molar-refractivity contribution in [2.45, 2.75) is 68.9 Å². The van der Waals surface area contributed by atoms with Gasteiger partial charge in [-0.2, -0.15) is 13.2 Å². The second kappa shape index (κ2) is 9.37. The summed E-state index contributed by atoms with van der Waals surface area (Å²) in [5.74, 6) is -0.209. The van der Waals surface area contributed by atoms with Gasteiger partial charge in [-0.3, -0.25) is 29.6 Å². The van der Waals surface area contributed by atoms with Gasteiger partial charge < -0.3 is 9.64 Å². The number of carbonyl (C=O) groups is 3. The molecule has 3 atom stereocenters. The van der Waals surface area contributed by atoms with Crippen LogP contribution in [0.2, 0.25) is 0 Å². The minimum Gasteiger partial charge on any atom is -0.489 e. The molecule has 1 aromatic heterocycles. The third-order valence-corrected chi connectivity index (χ3v) is 8.11. The van der Waals surface area contributed by atoms with E-state index in [1.807, 2.05) is 6.07 Å². The van der Waals surface area contributed by atoms with Gasteiger partial charge in [-0.15, -0.1) is 0 Å². The number of carbonyl (C=O) groups excluding carboxylic acids is 3. The maximum Gasteiger partial charge on any atom is 0.417 e. The molecule has 200 valence electrons. The van der Waals surface area contributed by atoms with E-state index in [1.54, 1.807) is 12.1 Å². The van der Waals surface area contributed by atoms with Gasteiger partial charge in [-0.1, -0.05) is 0 Å². The van der Waals surface area contributed by atoms with E-state index in [0.29, 0.717) is 30.0 Å². The van der Waals surface area contributed by atoms with Gasteiger partial charge in [0.15, 0.2) is 0 Å². The van der Waals surface area contributed by atoms with Crippen LogP contribution in [-0.2, 0) is 22.3 Å². The average molecular weight is 529 g/mol. The third kappa shape index (κ3) is 4.53. The molecular weight excluding hydrogens is 501 g/mol. The fraction of sp³-hybridized carbons (Fsp3) is 0.481. The lowest BCUT2D eigenvalue weighted by atomic mass is 9.92. The quantitative estimate of drug-likeness (QED) is 0.600. The monoisotopic (exact) mass is 528 g/mol. The number of amides is 3. The van der Waals surface area contributed by atoms with Crippen molar-refractivity contribution >= 4 is 17.7 Å². The Morgan fingerprint density at radius 1 is 1.03 bits per heavy atom. The number of likely N-dealkylation sites (tertiary alicyclic amines) is 1. The van der Waals surface area contributed by atoms with Gasteiger partial charge in [0.1, 0.15) is 17.9 Å². The minimum atomic E-state index is -4.39. The summed E-state index contributed by atoms with van der Waals surface area (Å²) < 4.78 is 44.8. The molecule has 3 amide bonds. The number of nitrogens with zero attached hydrogens (tertiary/aromatic N) is 3. The van der Waals surface area contributed by atoms with E-state index >= 15 is 0 Å². The highest BCUT2D eigenvalue weighted by Crippen LogP contribution is 2.37. The van der Waals surface area contributed by atoms with Crippen molar-refractivity contribution in [1.29, 1.82) is 0 Å². The van der Waals surface area contributed by atoms with E-state index < -0.39 is 23.7 Å². The van der Waals surface area contributed by atoms with Crippen LogP contribution in [0.5, 0.6) is 5.75 Å². The molecule has 1 saturated carbocycles. The fourth-order valence-corrected chi connectivity index (χ4v) is 6.05. The summed E-state index contributed by atoms with van der Waals surface area (Å²) in [6.07, 6.45) is -0.108. The molecule has 4 heterocycles. The zero-order chi connectivity index (χ0) is 26.6. The summed E-state index contributed by atoms with van der Waals surface area (Å²) in [5.41, 5.74) is 1.27. The number of fused-ring (bicyclic) bond motifs is 1. The number of alkyl halides is 3. The van der Waals surface area contributed by atoms with Gasteiger partial charge >= 0.3 is 6.18 Å². The lowest BCUT2D eigenvalue weighted by Gasteiger charge is -2.44. The van der Waals surface area contributed by atoms with Gasteiger partial charge in [0, 0.05) is 55.5 Å². The van der Waals surface area contributed by atoms with Crippen LogP contribution in [0.4, 0.5) is 13.2 Å². The van der Waals surface area contributed by atoms with E-state index in [9.17, 15) is 27.6 Å². The number of pyridine rings is 1. The average Bonchev–Trinajstić information content (AvgIpc) is 3.42. The molecular formula is C27H27F3N4O4. The summed E-state index contributed by atoms with van der Waals surface area (Å²) in [6, 6.07) is 7.48. The number of imide groups is 1. The van der Waals surface area contributed by atoms with Gasteiger partial charge in [0.2, 0.25) is 11.8 Å². The predicted molar refractivity (Wildman–Crippen MR) is 128 cm³/mol. The molecule has 1 unspecified atom stereocenters. The Morgan fingerprint density at radius 2 is 1.84 bits per heavy atom. The second-order valence-electron chi connectivity index (χ2n) is 10.5. The highest BCUT2D eigenvalue weighted by atomic mass is 19.4. The van der Waals surface area contributed by atoms with Crippen LogP contribution in [0.3, 0.4) is 0 Å². The number of benzene rings is 1. The number of halogens is 3. The Morgan fingerprint density at radius 3 is 2.55 bits per heavy atom. The van der Waals surface area contributed by atoms with Crippen molar-refractivity contribution in [3.63, 3.8) is 0 Å². The molecule has 1 N–H and O–H groups in total. The van der Waals surface area contributed by atoms with Crippen molar-refractivity contribution in [2.75, 3.05) is 13.1 Å². The summed E-state index contributed by atoms with van der Waals surface area (Å²) in [7, 11) is 0. The molecule has 1 aromatic carbocycles. The standard InChI is InChI=1S/C27H27F3N4O4/c28-27(29,30)17-4-7-20(31-11-17)16-12-33(13-16)21-2-1-3-23(21)38-18-5-6-19-15(10-18)14-34(26(19)37)22-8-9-24(35)32-25(22)36/h4-7,10-11,16,21-23H,1-3,8-9,12-14H2,(H,32,35,36)/t21-,22?,23+/m0/s1. The maximum absolute atomic E-state index is 12.9. The number of nitrogens with one attached hydrogen (secondary N) is 1. The smallest absolute Gasteiger partial charge is 0.417 e. The van der Waals surface area contributed by atoms with Crippen LogP contribution in [0, 0.1) is 0 Å². The van der Waals surface area contributed by atoms with E-state index in [1.165, 1.54) is 11.0 Å².